The Morgan fingerprint density at radius 1 is 1.44 bits per heavy atom. The summed E-state index contributed by atoms with van der Waals surface area (Å²) in [5.41, 5.74) is 0.946. The van der Waals surface area contributed by atoms with Crippen molar-refractivity contribution in [2.45, 2.75) is 13.0 Å². The molecule has 0 bridgehead atoms. The third-order valence-corrected chi connectivity index (χ3v) is 2.98. The lowest BCUT2D eigenvalue weighted by Crippen LogP contribution is -2.18. The van der Waals surface area contributed by atoms with Gasteiger partial charge in [-0.3, -0.25) is 4.79 Å². The average molecular weight is 318 g/mol. The van der Waals surface area contributed by atoms with Gasteiger partial charge in [0, 0.05) is 13.1 Å². The third-order valence-electron chi connectivity index (χ3n) is 2.37. The molecule has 1 aromatic carbocycles. The first-order valence-corrected chi connectivity index (χ1v) is 6.20. The minimum Gasteiger partial charge on any atom is -0.503 e. The van der Waals surface area contributed by atoms with Crippen LogP contribution >= 0.6 is 15.9 Å². The molecule has 0 aliphatic carbocycles. The van der Waals surface area contributed by atoms with Gasteiger partial charge in [-0.05, 0) is 33.6 Å². The highest BCUT2D eigenvalue weighted by Gasteiger charge is 2.08. The first kappa shape index (κ1) is 14.8. The highest BCUT2D eigenvalue weighted by atomic mass is 79.9. The maximum absolute atomic E-state index is 10.9. The number of phenols is 1. The standard InChI is InChI=1S/C12H16BrNO4/c1-17-10-6-8(5-9(13)12(10)16)7-14-4-3-11(15)18-2/h5-6,14,16H,3-4,7H2,1-2H3. The van der Waals surface area contributed by atoms with E-state index in [2.05, 4.69) is 26.0 Å². The lowest BCUT2D eigenvalue weighted by atomic mass is 10.2. The van der Waals surface area contributed by atoms with Crippen LogP contribution in [0.5, 0.6) is 11.5 Å². The van der Waals surface area contributed by atoms with Crippen molar-refractivity contribution in [2.75, 3.05) is 20.8 Å². The third kappa shape index (κ3) is 4.19. The summed E-state index contributed by atoms with van der Waals surface area (Å²) in [6, 6.07) is 3.54. The Morgan fingerprint density at radius 2 is 2.17 bits per heavy atom. The van der Waals surface area contributed by atoms with Gasteiger partial charge in [0.2, 0.25) is 0 Å². The summed E-state index contributed by atoms with van der Waals surface area (Å²) in [4.78, 5) is 10.9. The molecule has 0 saturated carbocycles. The van der Waals surface area contributed by atoms with Gasteiger partial charge in [0.05, 0.1) is 25.1 Å². The molecule has 0 spiro atoms. The zero-order chi connectivity index (χ0) is 13.5. The van der Waals surface area contributed by atoms with Gasteiger partial charge in [0.15, 0.2) is 11.5 Å². The predicted octanol–water partition coefficient (Wildman–Crippen LogP) is 1.82. The number of halogens is 1. The molecule has 1 rings (SSSR count). The Morgan fingerprint density at radius 3 is 2.78 bits per heavy atom. The molecule has 0 aliphatic heterocycles. The molecule has 100 valence electrons. The minimum atomic E-state index is -0.244. The van der Waals surface area contributed by atoms with Gasteiger partial charge in [-0.15, -0.1) is 0 Å². The number of nitrogens with one attached hydrogen (secondary N) is 1. The highest BCUT2D eigenvalue weighted by Crippen LogP contribution is 2.35. The molecule has 18 heavy (non-hydrogen) atoms. The van der Waals surface area contributed by atoms with Gasteiger partial charge >= 0.3 is 5.97 Å². The molecule has 0 aromatic heterocycles. The smallest absolute Gasteiger partial charge is 0.306 e. The van der Waals surface area contributed by atoms with Crippen molar-refractivity contribution in [3.63, 3.8) is 0 Å². The van der Waals surface area contributed by atoms with Crippen LogP contribution in [-0.2, 0) is 16.1 Å². The van der Waals surface area contributed by atoms with E-state index in [1.807, 2.05) is 0 Å². The predicted molar refractivity (Wildman–Crippen MR) is 70.7 cm³/mol. The second-order valence-electron chi connectivity index (χ2n) is 3.63. The molecule has 0 fully saturated rings. The van der Waals surface area contributed by atoms with E-state index in [9.17, 15) is 9.90 Å². The number of carbonyl (C=O) groups excluding carboxylic acids is 1. The monoisotopic (exact) mass is 317 g/mol. The quantitative estimate of drug-likeness (QED) is 0.618. The van der Waals surface area contributed by atoms with Crippen molar-refractivity contribution >= 4 is 21.9 Å². The van der Waals surface area contributed by atoms with Crippen LogP contribution in [0.2, 0.25) is 0 Å². The number of aromatic hydroxyl groups is 1. The Labute approximate surface area is 114 Å². The van der Waals surface area contributed by atoms with E-state index in [-0.39, 0.29) is 11.7 Å². The Kier molecular flexibility index (Phi) is 5.94. The number of phenolic OH excluding ortho intramolecular Hbond substituents is 1. The van der Waals surface area contributed by atoms with Gasteiger partial charge in [-0.1, -0.05) is 0 Å². The van der Waals surface area contributed by atoms with Crippen molar-refractivity contribution < 1.29 is 19.4 Å². The van der Waals surface area contributed by atoms with Crippen molar-refractivity contribution in [3.05, 3.63) is 22.2 Å². The van der Waals surface area contributed by atoms with Crippen molar-refractivity contribution in [2.24, 2.45) is 0 Å². The van der Waals surface area contributed by atoms with Gasteiger partial charge < -0.3 is 19.9 Å². The maximum atomic E-state index is 10.9. The number of hydrogen-bond donors (Lipinski definition) is 2. The minimum absolute atomic E-state index is 0.0795. The Bertz CT molecular complexity index is 423. The van der Waals surface area contributed by atoms with E-state index in [1.54, 1.807) is 12.1 Å². The molecular weight excluding hydrogens is 302 g/mol. The van der Waals surface area contributed by atoms with Crippen LogP contribution in [0.3, 0.4) is 0 Å². The molecule has 0 heterocycles. The van der Waals surface area contributed by atoms with Crippen molar-refractivity contribution in [1.29, 1.82) is 0 Å². The second-order valence-corrected chi connectivity index (χ2v) is 4.49. The molecule has 0 atom stereocenters. The largest absolute Gasteiger partial charge is 0.503 e. The fraction of sp³-hybridized carbons (Fsp3) is 0.417. The molecule has 2 N–H and O–H groups in total. The van der Waals surface area contributed by atoms with E-state index in [4.69, 9.17) is 4.74 Å². The van der Waals surface area contributed by atoms with Crippen LogP contribution in [0, 0.1) is 0 Å². The Balaban J connectivity index is 2.52. The summed E-state index contributed by atoms with van der Waals surface area (Å²) in [6.45, 7) is 1.11. The summed E-state index contributed by atoms with van der Waals surface area (Å²) in [5.74, 6) is 0.247. The fourth-order valence-corrected chi connectivity index (χ4v) is 1.90. The number of carbonyl (C=O) groups is 1. The van der Waals surface area contributed by atoms with E-state index in [0.717, 1.165) is 5.56 Å². The zero-order valence-corrected chi connectivity index (χ0v) is 11.9. The van der Waals surface area contributed by atoms with Crippen molar-refractivity contribution in [1.82, 2.24) is 5.32 Å². The van der Waals surface area contributed by atoms with Gasteiger partial charge in [-0.2, -0.15) is 0 Å². The molecule has 0 aliphatic rings. The van der Waals surface area contributed by atoms with Crippen LogP contribution in [0.25, 0.3) is 0 Å². The molecule has 5 nitrogen and oxygen atoms in total. The van der Waals surface area contributed by atoms with Crippen LogP contribution in [0.1, 0.15) is 12.0 Å². The van der Waals surface area contributed by atoms with E-state index in [1.165, 1.54) is 14.2 Å². The first-order chi connectivity index (χ1) is 8.58. The maximum Gasteiger partial charge on any atom is 0.306 e. The van der Waals surface area contributed by atoms with Crippen LogP contribution in [-0.4, -0.2) is 31.8 Å². The van der Waals surface area contributed by atoms with Gasteiger partial charge in [0.25, 0.3) is 0 Å². The molecule has 0 unspecified atom stereocenters. The molecule has 6 heteroatoms. The van der Waals surface area contributed by atoms with Crippen molar-refractivity contribution in [3.8, 4) is 11.5 Å². The number of rotatable bonds is 6. The normalized spacial score (nSPS) is 10.2. The number of methoxy groups -OCH3 is 2. The second kappa shape index (κ2) is 7.23. The first-order valence-electron chi connectivity index (χ1n) is 5.41. The highest BCUT2D eigenvalue weighted by molar-refractivity contribution is 9.10. The summed E-state index contributed by atoms with van der Waals surface area (Å²) < 4.78 is 10.2. The number of hydrogen-bond acceptors (Lipinski definition) is 5. The fourth-order valence-electron chi connectivity index (χ4n) is 1.41. The van der Waals surface area contributed by atoms with Gasteiger partial charge in [-0.25, -0.2) is 0 Å². The van der Waals surface area contributed by atoms with Gasteiger partial charge in [0.1, 0.15) is 0 Å². The SMILES string of the molecule is COC(=O)CCNCc1cc(Br)c(O)c(OC)c1. The van der Waals surface area contributed by atoms with E-state index >= 15 is 0 Å². The van der Waals surface area contributed by atoms with Crippen LogP contribution in [0.15, 0.2) is 16.6 Å². The van der Waals surface area contributed by atoms with Crippen LogP contribution in [0.4, 0.5) is 0 Å². The average Bonchev–Trinajstić information content (AvgIpc) is 2.38. The lowest BCUT2D eigenvalue weighted by Gasteiger charge is -2.09. The number of benzene rings is 1. The Hall–Kier alpha value is -1.27. The summed E-state index contributed by atoms with van der Waals surface area (Å²) >= 11 is 3.25. The summed E-state index contributed by atoms with van der Waals surface area (Å²) in [7, 11) is 2.86. The van der Waals surface area contributed by atoms with E-state index < -0.39 is 0 Å². The van der Waals surface area contributed by atoms with Crippen LogP contribution < -0.4 is 10.1 Å². The molecule has 1 aromatic rings. The number of esters is 1. The molecule has 0 radical (unpaired) electrons. The number of ether oxygens (including phenoxy) is 2. The molecular formula is C12H16BrNO4. The van der Waals surface area contributed by atoms with E-state index in [0.29, 0.717) is 29.7 Å². The summed E-state index contributed by atoms with van der Waals surface area (Å²) in [5, 5.41) is 12.8. The molecule has 0 saturated heterocycles. The molecule has 0 amide bonds. The summed E-state index contributed by atoms with van der Waals surface area (Å²) in [6.07, 6.45) is 0.326. The lowest BCUT2D eigenvalue weighted by molar-refractivity contribution is -0.140. The zero-order valence-electron chi connectivity index (χ0n) is 10.3. The topological polar surface area (TPSA) is 67.8 Å².